The molecule has 0 heterocycles. The first-order valence-corrected chi connectivity index (χ1v) is 7.43. The van der Waals surface area contributed by atoms with Gasteiger partial charge in [-0.25, -0.2) is 4.39 Å². The number of carbonyl (C=O) groups excluding carboxylic acids is 1. The second-order valence-electron chi connectivity index (χ2n) is 4.99. The van der Waals surface area contributed by atoms with Crippen LogP contribution in [-0.4, -0.2) is 19.1 Å². The number of ether oxygens (including phenoxy) is 1. The van der Waals surface area contributed by atoms with Crippen molar-refractivity contribution in [3.05, 3.63) is 66.0 Å². The van der Waals surface area contributed by atoms with Crippen molar-refractivity contribution in [1.29, 1.82) is 0 Å². The fraction of sp³-hybridized carbons (Fsp3) is 0.278. The normalized spacial score (nSPS) is 10.2. The summed E-state index contributed by atoms with van der Waals surface area (Å²) < 4.78 is 18.2. The smallest absolute Gasteiger partial charge is 0.220 e. The molecule has 0 aliphatic rings. The predicted molar refractivity (Wildman–Crippen MR) is 84.3 cm³/mol. The number of halogens is 1. The third-order valence-electron chi connectivity index (χ3n) is 3.21. The lowest BCUT2D eigenvalue weighted by molar-refractivity contribution is -0.121. The molecule has 0 aliphatic carbocycles. The Labute approximate surface area is 130 Å². The summed E-state index contributed by atoms with van der Waals surface area (Å²) in [6.45, 7) is 1.07. The summed E-state index contributed by atoms with van der Waals surface area (Å²) in [5.74, 6) is 0.403. The summed E-state index contributed by atoms with van der Waals surface area (Å²) in [5, 5.41) is 2.87. The molecule has 0 spiro atoms. The molecule has 0 bridgehead atoms. The van der Waals surface area contributed by atoms with E-state index in [4.69, 9.17) is 4.74 Å². The fourth-order valence-electron chi connectivity index (χ4n) is 2.01. The molecule has 0 saturated heterocycles. The Bertz CT molecular complexity index is 569. The maximum atomic E-state index is 12.7. The molecule has 2 rings (SSSR count). The molecule has 0 aliphatic heterocycles. The highest BCUT2D eigenvalue weighted by Crippen LogP contribution is 2.10. The minimum Gasteiger partial charge on any atom is -0.494 e. The lowest BCUT2D eigenvalue weighted by atomic mass is 10.1. The molecular formula is C18H20FNO2. The van der Waals surface area contributed by atoms with Gasteiger partial charge in [0, 0.05) is 13.0 Å². The maximum Gasteiger partial charge on any atom is 0.220 e. The Morgan fingerprint density at radius 3 is 2.50 bits per heavy atom. The maximum absolute atomic E-state index is 12.7. The topological polar surface area (TPSA) is 38.3 Å². The van der Waals surface area contributed by atoms with Crippen LogP contribution in [0.25, 0.3) is 0 Å². The Balaban J connectivity index is 1.54. The summed E-state index contributed by atoms with van der Waals surface area (Å²) in [4.78, 5) is 11.7. The highest BCUT2D eigenvalue weighted by molar-refractivity contribution is 5.76. The Kier molecular flexibility index (Phi) is 6.42. The van der Waals surface area contributed by atoms with Crippen LogP contribution >= 0.6 is 0 Å². The third-order valence-corrected chi connectivity index (χ3v) is 3.21. The quantitative estimate of drug-likeness (QED) is 0.759. The molecule has 0 aromatic heterocycles. The van der Waals surface area contributed by atoms with Crippen LogP contribution in [0.4, 0.5) is 4.39 Å². The van der Waals surface area contributed by atoms with Crippen LogP contribution in [0.2, 0.25) is 0 Å². The van der Waals surface area contributed by atoms with Crippen molar-refractivity contribution in [3.8, 4) is 5.75 Å². The molecular weight excluding hydrogens is 281 g/mol. The van der Waals surface area contributed by atoms with Gasteiger partial charge in [-0.15, -0.1) is 0 Å². The second-order valence-corrected chi connectivity index (χ2v) is 4.99. The first-order valence-electron chi connectivity index (χ1n) is 7.43. The highest BCUT2D eigenvalue weighted by Gasteiger charge is 2.01. The van der Waals surface area contributed by atoms with Gasteiger partial charge in [0.05, 0.1) is 6.61 Å². The van der Waals surface area contributed by atoms with Gasteiger partial charge in [0.25, 0.3) is 0 Å². The summed E-state index contributed by atoms with van der Waals surface area (Å²) >= 11 is 0. The lowest BCUT2D eigenvalue weighted by Gasteiger charge is -2.07. The van der Waals surface area contributed by atoms with Gasteiger partial charge in [0.15, 0.2) is 0 Å². The van der Waals surface area contributed by atoms with Crippen molar-refractivity contribution >= 4 is 5.91 Å². The van der Waals surface area contributed by atoms with E-state index in [9.17, 15) is 9.18 Å². The van der Waals surface area contributed by atoms with E-state index in [1.54, 1.807) is 12.1 Å². The van der Waals surface area contributed by atoms with Gasteiger partial charge in [-0.05, 0) is 42.7 Å². The number of rotatable bonds is 8. The average molecular weight is 301 g/mol. The van der Waals surface area contributed by atoms with E-state index in [1.807, 2.05) is 30.3 Å². The van der Waals surface area contributed by atoms with Crippen molar-refractivity contribution < 1.29 is 13.9 Å². The molecule has 3 nitrogen and oxygen atoms in total. The molecule has 116 valence electrons. The van der Waals surface area contributed by atoms with E-state index in [-0.39, 0.29) is 11.7 Å². The van der Waals surface area contributed by atoms with Crippen molar-refractivity contribution in [2.24, 2.45) is 0 Å². The summed E-state index contributed by atoms with van der Waals surface area (Å²) in [7, 11) is 0. The van der Waals surface area contributed by atoms with Crippen LogP contribution in [-0.2, 0) is 11.2 Å². The van der Waals surface area contributed by atoms with Crippen LogP contribution in [0.15, 0.2) is 54.6 Å². The average Bonchev–Trinajstić information content (AvgIpc) is 2.55. The zero-order valence-corrected chi connectivity index (χ0v) is 12.4. The number of nitrogens with one attached hydrogen (secondary N) is 1. The Hall–Kier alpha value is -2.36. The van der Waals surface area contributed by atoms with Crippen LogP contribution < -0.4 is 10.1 Å². The zero-order valence-electron chi connectivity index (χ0n) is 12.4. The molecule has 0 fully saturated rings. The molecule has 1 N–H and O–H groups in total. The predicted octanol–water partition coefficient (Wildman–Crippen LogP) is 3.34. The van der Waals surface area contributed by atoms with Gasteiger partial charge in [-0.1, -0.05) is 30.3 Å². The molecule has 0 unspecified atom stereocenters. The minimum atomic E-state index is -0.280. The zero-order chi connectivity index (χ0) is 15.6. The number of aryl methyl sites for hydroxylation is 1. The van der Waals surface area contributed by atoms with E-state index in [1.165, 1.54) is 12.1 Å². The summed E-state index contributed by atoms with van der Waals surface area (Å²) in [6.07, 6.45) is 1.95. The molecule has 1 amide bonds. The molecule has 2 aromatic rings. The minimum absolute atomic E-state index is 0.0469. The van der Waals surface area contributed by atoms with Crippen LogP contribution in [0.3, 0.4) is 0 Å². The molecule has 2 aromatic carbocycles. The number of benzene rings is 2. The van der Waals surface area contributed by atoms with Crippen LogP contribution in [0.5, 0.6) is 5.75 Å². The van der Waals surface area contributed by atoms with Gasteiger partial charge in [0.1, 0.15) is 11.6 Å². The summed E-state index contributed by atoms with van der Waals surface area (Å²) in [6, 6.07) is 15.8. The molecule has 22 heavy (non-hydrogen) atoms. The number of carbonyl (C=O) groups is 1. The molecule has 0 radical (unpaired) electrons. The standard InChI is InChI=1S/C18H20FNO2/c19-16-8-10-17(11-9-16)22-14-4-13-20-18(21)12-7-15-5-2-1-3-6-15/h1-3,5-6,8-11H,4,7,12-14H2,(H,20,21). The SMILES string of the molecule is O=C(CCc1ccccc1)NCCCOc1ccc(F)cc1. The van der Waals surface area contributed by atoms with E-state index in [0.717, 1.165) is 12.0 Å². The van der Waals surface area contributed by atoms with Crippen molar-refractivity contribution in [2.75, 3.05) is 13.2 Å². The first-order chi connectivity index (χ1) is 10.7. The Morgan fingerprint density at radius 1 is 1.05 bits per heavy atom. The van der Waals surface area contributed by atoms with Gasteiger partial charge in [-0.2, -0.15) is 0 Å². The van der Waals surface area contributed by atoms with Gasteiger partial charge in [-0.3, -0.25) is 4.79 Å². The summed E-state index contributed by atoms with van der Waals surface area (Å²) in [5.41, 5.74) is 1.16. The van der Waals surface area contributed by atoms with Gasteiger partial charge < -0.3 is 10.1 Å². The second kappa shape index (κ2) is 8.82. The number of hydrogen-bond acceptors (Lipinski definition) is 2. The van der Waals surface area contributed by atoms with Crippen LogP contribution in [0.1, 0.15) is 18.4 Å². The van der Waals surface area contributed by atoms with E-state index in [0.29, 0.717) is 31.7 Å². The van der Waals surface area contributed by atoms with Gasteiger partial charge >= 0.3 is 0 Å². The van der Waals surface area contributed by atoms with E-state index >= 15 is 0 Å². The number of hydrogen-bond donors (Lipinski definition) is 1. The highest BCUT2D eigenvalue weighted by atomic mass is 19.1. The Morgan fingerprint density at radius 2 is 1.77 bits per heavy atom. The number of amides is 1. The largest absolute Gasteiger partial charge is 0.494 e. The van der Waals surface area contributed by atoms with Crippen LogP contribution in [0, 0.1) is 5.82 Å². The van der Waals surface area contributed by atoms with Gasteiger partial charge in [0.2, 0.25) is 5.91 Å². The van der Waals surface area contributed by atoms with Crippen molar-refractivity contribution in [2.45, 2.75) is 19.3 Å². The fourth-order valence-corrected chi connectivity index (χ4v) is 2.01. The molecule has 4 heteroatoms. The van der Waals surface area contributed by atoms with Crippen molar-refractivity contribution in [3.63, 3.8) is 0 Å². The first kappa shape index (κ1) is 16.0. The molecule has 0 atom stereocenters. The van der Waals surface area contributed by atoms with E-state index in [2.05, 4.69) is 5.32 Å². The third kappa shape index (κ3) is 5.95. The lowest BCUT2D eigenvalue weighted by Crippen LogP contribution is -2.25. The molecule has 0 saturated carbocycles. The van der Waals surface area contributed by atoms with E-state index < -0.39 is 0 Å². The monoisotopic (exact) mass is 301 g/mol. The van der Waals surface area contributed by atoms with Crippen molar-refractivity contribution in [1.82, 2.24) is 5.32 Å².